The Kier molecular flexibility index (Phi) is 6.42. The van der Waals surface area contributed by atoms with Crippen molar-refractivity contribution >= 4 is 16.8 Å². The fourth-order valence-corrected chi connectivity index (χ4v) is 4.56. The van der Waals surface area contributed by atoms with Gasteiger partial charge in [-0.05, 0) is 41.5 Å². The molecule has 2 atom stereocenters. The van der Waals surface area contributed by atoms with Gasteiger partial charge in [-0.25, -0.2) is 4.68 Å². The predicted octanol–water partition coefficient (Wildman–Crippen LogP) is 2.59. The highest BCUT2D eigenvalue weighted by Crippen LogP contribution is 2.23. The lowest BCUT2D eigenvalue weighted by Crippen LogP contribution is -2.38. The normalized spacial score (nSPS) is 19.4. The Morgan fingerprint density at radius 3 is 2.48 bits per heavy atom. The lowest BCUT2D eigenvalue weighted by molar-refractivity contribution is -0.122. The fraction of sp³-hybridized carbons (Fsp3) is 0.417. The first kappa shape index (κ1) is 21.2. The average molecular weight is 420 g/mol. The number of piperidine rings is 1. The molecule has 0 aliphatic carbocycles. The number of aromatic nitrogens is 3. The Bertz CT molecular complexity index is 1120. The van der Waals surface area contributed by atoms with Crippen LogP contribution in [0.5, 0.6) is 0 Å². The molecule has 0 radical (unpaired) electrons. The van der Waals surface area contributed by atoms with E-state index >= 15 is 0 Å². The molecule has 1 N–H and O–H groups in total. The van der Waals surface area contributed by atoms with Crippen molar-refractivity contribution in [1.29, 1.82) is 0 Å². The third-order valence-electron chi connectivity index (χ3n) is 5.86. The third-order valence-corrected chi connectivity index (χ3v) is 5.86. The monoisotopic (exact) mass is 419 g/mol. The van der Waals surface area contributed by atoms with E-state index in [9.17, 15) is 9.59 Å². The molecule has 162 valence electrons. The number of carbonyl (C=O) groups excluding carboxylic acids is 1. The molecule has 7 nitrogen and oxygen atoms in total. The van der Waals surface area contributed by atoms with Crippen LogP contribution in [0, 0.1) is 11.8 Å². The van der Waals surface area contributed by atoms with E-state index in [4.69, 9.17) is 0 Å². The minimum Gasteiger partial charge on any atom is -0.350 e. The maximum Gasteiger partial charge on any atom is 0.278 e. The van der Waals surface area contributed by atoms with Gasteiger partial charge in [-0.2, -0.15) is 0 Å². The van der Waals surface area contributed by atoms with Gasteiger partial charge >= 0.3 is 0 Å². The van der Waals surface area contributed by atoms with Gasteiger partial charge in [0.1, 0.15) is 12.1 Å². The van der Waals surface area contributed by atoms with Crippen LogP contribution in [-0.4, -0.2) is 38.9 Å². The van der Waals surface area contributed by atoms with Gasteiger partial charge in [-0.3, -0.25) is 14.5 Å². The molecule has 0 unspecified atom stereocenters. The topological polar surface area (TPSA) is 80.1 Å². The van der Waals surface area contributed by atoms with Crippen molar-refractivity contribution in [2.45, 2.75) is 39.9 Å². The number of benzene rings is 2. The second-order valence-electron chi connectivity index (χ2n) is 8.75. The Labute approximate surface area is 182 Å². The molecule has 4 rings (SSSR count). The maximum absolute atomic E-state index is 12.5. The molecule has 1 fully saturated rings. The second kappa shape index (κ2) is 9.39. The van der Waals surface area contributed by atoms with Gasteiger partial charge < -0.3 is 5.32 Å². The van der Waals surface area contributed by atoms with Crippen LogP contribution < -0.4 is 10.9 Å². The number of fused-ring (bicyclic) bond motifs is 1. The third kappa shape index (κ3) is 5.17. The number of amides is 1. The highest BCUT2D eigenvalue weighted by molar-refractivity contribution is 5.78. The van der Waals surface area contributed by atoms with Gasteiger partial charge in [0, 0.05) is 26.2 Å². The van der Waals surface area contributed by atoms with E-state index in [1.54, 1.807) is 24.3 Å². The quantitative estimate of drug-likeness (QED) is 0.664. The molecule has 31 heavy (non-hydrogen) atoms. The molecule has 1 aliphatic heterocycles. The number of hydrogen-bond acceptors (Lipinski definition) is 5. The molecule has 2 heterocycles. The van der Waals surface area contributed by atoms with Crippen LogP contribution in [-0.2, 0) is 24.4 Å². The molecule has 7 heteroatoms. The molecule has 3 aromatic rings. The van der Waals surface area contributed by atoms with Gasteiger partial charge in [-0.15, -0.1) is 5.10 Å². The van der Waals surface area contributed by atoms with Crippen molar-refractivity contribution in [3.05, 3.63) is 70.0 Å². The summed E-state index contributed by atoms with van der Waals surface area (Å²) in [5, 5.41) is 11.3. The molecule has 1 saturated heterocycles. The lowest BCUT2D eigenvalue weighted by atomic mass is 9.91. The number of nitrogens with zero attached hydrogens (tertiary/aromatic N) is 4. The minimum atomic E-state index is -0.311. The first-order valence-corrected chi connectivity index (χ1v) is 10.9. The Morgan fingerprint density at radius 2 is 1.71 bits per heavy atom. The first-order valence-electron chi connectivity index (χ1n) is 10.9. The van der Waals surface area contributed by atoms with Gasteiger partial charge in [-0.1, -0.05) is 55.5 Å². The van der Waals surface area contributed by atoms with Gasteiger partial charge in [0.25, 0.3) is 5.56 Å². The molecular formula is C24H29N5O2. The summed E-state index contributed by atoms with van der Waals surface area (Å²) < 4.78 is 1.11. The van der Waals surface area contributed by atoms with Crippen molar-refractivity contribution in [2.75, 3.05) is 13.1 Å². The van der Waals surface area contributed by atoms with E-state index in [1.165, 1.54) is 12.0 Å². The van der Waals surface area contributed by atoms with Crippen LogP contribution in [0.2, 0.25) is 0 Å². The molecule has 0 bridgehead atoms. The Balaban J connectivity index is 1.40. The fourth-order valence-electron chi connectivity index (χ4n) is 4.56. The van der Waals surface area contributed by atoms with Crippen LogP contribution in [0.1, 0.15) is 31.4 Å². The molecule has 0 saturated carbocycles. The van der Waals surface area contributed by atoms with Gasteiger partial charge in [0.15, 0.2) is 0 Å². The van der Waals surface area contributed by atoms with E-state index < -0.39 is 0 Å². The first-order chi connectivity index (χ1) is 15.0. The van der Waals surface area contributed by atoms with Crippen molar-refractivity contribution in [2.24, 2.45) is 11.8 Å². The molecule has 1 amide bonds. The zero-order chi connectivity index (χ0) is 21.8. The van der Waals surface area contributed by atoms with Crippen LogP contribution in [0.25, 0.3) is 10.9 Å². The summed E-state index contributed by atoms with van der Waals surface area (Å²) in [4.78, 5) is 27.6. The van der Waals surface area contributed by atoms with Gasteiger partial charge in [0.2, 0.25) is 5.91 Å². The Morgan fingerprint density at radius 1 is 1.03 bits per heavy atom. The van der Waals surface area contributed by atoms with E-state index in [0.29, 0.717) is 29.3 Å². The smallest absolute Gasteiger partial charge is 0.278 e. The second-order valence-corrected chi connectivity index (χ2v) is 8.75. The van der Waals surface area contributed by atoms with Crippen molar-refractivity contribution in [3.63, 3.8) is 0 Å². The molecule has 1 aromatic heterocycles. The zero-order valence-corrected chi connectivity index (χ0v) is 18.1. The summed E-state index contributed by atoms with van der Waals surface area (Å²) in [5.41, 5.74) is 2.54. The van der Waals surface area contributed by atoms with Crippen LogP contribution >= 0.6 is 0 Å². The molecule has 1 aliphatic rings. The van der Waals surface area contributed by atoms with Crippen LogP contribution in [0.4, 0.5) is 0 Å². The van der Waals surface area contributed by atoms with Crippen molar-refractivity contribution in [1.82, 2.24) is 25.2 Å². The number of nitrogens with one attached hydrogen (secondary N) is 1. The number of rotatable bonds is 6. The van der Waals surface area contributed by atoms with Crippen LogP contribution in [0.15, 0.2) is 53.3 Å². The predicted molar refractivity (Wildman–Crippen MR) is 120 cm³/mol. The summed E-state index contributed by atoms with van der Waals surface area (Å²) in [7, 11) is 0. The van der Waals surface area contributed by atoms with Crippen LogP contribution in [0.3, 0.4) is 0 Å². The maximum atomic E-state index is 12.5. The Hall–Kier alpha value is -3.06. The lowest BCUT2D eigenvalue weighted by Gasteiger charge is -2.35. The van der Waals surface area contributed by atoms with E-state index in [-0.39, 0.29) is 18.0 Å². The zero-order valence-electron chi connectivity index (χ0n) is 18.1. The summed E-state index contributed by atoms with van der Waals surface area (Å²) in [6.07, 6.45) is 1.28. The van der Waals surface area contributed by atoms with Gasteiger partial charge in [0.05, 0.1) is 5.39 Å². The van der Waals surface area contributed by atoms with E-state index in [2.05, 4.69) is 46.5 Å². The summed E-state index contributed by atoms with van der Waals surface area (Å²) in [6, 6.07) is 15.2. The summed E-state index contributed by atoms with van der Waals surface area (Å²) in [6.45, 7) is 7.99. The largest absolute Gasteiger partial charge is 0.350 e. The van der Waals surface area contributed by atoms with E-state index in [1.807, 2.05) is 12.1 Å². The molecule has 0 spiro atoms. The number of likely N-dealkylation sites (tertiary alicyclic amines) is 1. The minimum absolute atomic E-state index is 0.153. The summed E-state index contributed by atoms with van der Waals surface area (Å²) >= 11 is 0. The SMILES string of the molecule is C[C@@H]1C[C@H](C)CN(Cc2ccccc2CNC(=O)Cn2nnc3ccccc3c2=O)C1. The molecule has 2 aromatic carbocycles. The number of hydrogen-bond donors (Lipinski definition) is 1. The highest BCUT2D eigenvalue weighted by Gasteiger charge is 2.22. The van der Waals surface area contributed by atoms with E-state index in [0.717, 1.165) is 29.9 Å². The highest BCUT2D eigenvalue weighted by atomic mass is 16.2. The summed E-state index contributed by atoms with van der Waals surface area (Å²) in [5.74, 6) is 1.15. The van der Waals surface area contributed by atoms with Crippen molar-refractivity contribution in [3.8, 4) is 0 Å². The molecular weight excluding hydrogens is 390 g/mol. The average Bonchev–Trinajstić information content (AvgIpc) is 2.74. The number of carbonyl (C=O) groups is 1. The van der Waals surface area contributed by atoms with Crippen molar-refractivity contribution < 1.29 is 4.79 Å². The standard InChI is InChI=1S/C24H29N5O2/c1-17-11-18(2)14-28(13-17)15-20-8-4-3-7-19(20)12-25-23(30)16-29-24(31)21-9-5-6-10-22(21)26-27-29/h3-10,17-18H,11-16H2,1-2H3,(H,25,30)/t17-,18+.